The van der Waals surface area contributed by atoms with Gasteiger partial charge in [0.15, 0.2) is 0 Å². The van der Waals surface area contributed by atoms with Crippen LogP contribution in [0.3, 0.4) is 0 Å². The molecule has 0 unspecified atom stereocenters. The number of allylic oxidation sites excluding steroid dienone is 1. The Bertz CT molecular complexity index is 571. The predicted molar refractivity (Wildman–Crippen MR) is 67.6 cm³/mol. The number of ether oxygens (including phenoxy) is 1. The van der Waals surface area contributed by atoms with E-state index in [-0.39, 0.29) is 0 Å². The number of nitrogens with zero attached hydrogens (tertiary/aromatic N) is 2. The standard InChI is InChI=1S/C12H14N4O/c1-14-7-10(6-13)9-5-12(17-2)11-3-4-15-16(11)8-9/h3-8,13-14H,1-2H3/b10-7+,13-6?. The number of nitrogens with one attached hydrogen (secondary N) is 2. The summed E-state index contributed by atoms with van der Waals surface area (Å²) in [6, 6.07) is 3.78. The Hall–Kier alpha value is -2.30. The van der Waals surface area contributed by atoms with Crippen molar-refractivity contribution in [2.45, 2.75) is 0 Å². The number of pyridine rings is 1. The number of hydrogen-bond acceptors (Lipinski definition) is 4. The molecule has 0 saturated carbocycles. The van der Waals surface area contributed by atoms with Gasteiger partial charge in [0.05, 0.1) is 13.3 Å². The first-order chi connectivity index (χ1) is 8.30. The number of aromatic nitrogens is 2. The molecule has 5 heteroatoms. The number of methoxy groups -OCH3 is 1. The van der Waals surface area contributed by atoms with Gasteiger partial charge < -0.3 is 15.5 Å². The molecule has 17 heavy (non-hydrogen) atoms. The quantitative estimate of drug-likeness (QED) is 0.783. The summed E-state index contributed by atoms with van der Waals surface area (Å²) in [5.74, 6) is 0.740. The van der Waals surface area contributed by atoms with E-state index in [2.05, 4.69) is 10.4 Å². The third-order valence-corrected chi connectivity index (χ3v) is 2.48. The van der Waals surface area contributed by atoms with Crippen LogP contribution in [-0.2, 0) is 0 Å². The van der Waals surface area contributed by atoms with Gasteiger partial charge >= 0.3 is 0 Å². The molecular weight excluding hydrogens is 216 g/mol. The average Bonchev–Trinajstić information content (AvgIpc) is 2.82. The van der Waals surface area contributed by atoms with E-state index in [0.717, 1.165) is 22.4 Å². The minimum Gasteiger partial charge on any atom is -0.494 e. The molecule has 2 rings (SSSR count). The van der Waals surface area contributed by atoms with E-state index in [9.17, 15) is 0 Å². The van der Waals surface area contributed by atoms with Crippen molar-refractivity contribution in [1.29, 1.82) is 5.41 Å². The summed E-state index contributed by atoms with van der Waals surface area (Å²) >= 11 is 0. The fourth-order valence-corrected chi connectivity index (χ4v) is 1.68. The molecule has 0 radical (unpaired) electrons. The summed E-state index contributed by atoms with van der Waals surface area (Å²) in [6.45, 7) is 0. The smallest absolute Gasteiger partial charge is 0.145 e. The Morgan fingerprint density at radius 3 is 3.06 bits per heavy atom. The molecule has 0 aliphatic rings. The molecule has 0 aromatic carbocycles. The van der Waals surface area contributed by atoms with Gasteiger partial charge in [-0.2, -0.15) is 5.10 Å². The van der Waals surface area contributed by atoms with E-state index in [1.54, 1.807) is 31.1 Å². The highest BCUT2D eigenvalue weighted by molar-refractivity contribution is 6.08. The summed E-state index contributed by atoms with van der Waals surface area (Å²) in [7, 11) is 3.42. The van der Waals surface area contributed by atoms with Crippen molar-refractivity contribution in [3.05, 3.63) is 36.3 Å². The van der Waals surface area contributed by atoms with Crippen LogP contribution in [0.5, 0.6) is 5.75 Å². The lowest BCUT2D eigenvalue weighted by molar-refractivity contribution is 0.417. The third kappa shape index (κ3) is 1.99. The first-order valence-corrected chi connectivity index (χ1v) is 5.20. The molecule has 0 spiro atoms. The fourth-order valence-electron chi connectivity index (χ4n) is 1.68. The maximum atomic E-state index is 7.40. The Kier molecular flexibility index (Phi) is 3.09. The summed E-state index contributed by atoms with van der Waals surface area (Å²) in [4.78, 5) is 0. The van der Waals surface area contributed by atoms with Crippen molar-refractivity contribution in [3.63, 3.8) is 0 Å². The molecule has 88 valence electrons. The molecular formula is C12H14N4O. The maximum Gasteiger partial charge on any atom is 0.145 e. The highest BCUT2D eigenvalue weighted by atomic mass is 16.5. The Labute approximate surface area is 99.2 Å². The SMILES string of the molecule is CN/C=C(\C=N)c1cc(OC)c2ccnn2c1. The van der Waals surface area contributed by atoms with Gasteiger partial charge in [-0.25, -0.2) is 4.52 Å². The number of rotatable bonds is 4. The third-order valence-electron chi connectivity index (χ3n) is 2.48. The largest absolute Gasteiger partial charge is 0.494 e. The molecule has 0 amide bonds. The summed E-state index contributed by atoms with van der Waals surface area (Å²) in [5.41, 5.74) is 2.55. The highest BCUT2D eigenvalue weighted by Gasteiger charge is 2.07. The van der Waals surface area contributed by atoms with Crippen LogP contribution in [-0.4, -0.2) is 30.0 Å². The summed E-state index contributed by atoms with van der Waals surface area (Å²) in [5, 5.41) is 14.5. The van der Waals surface area contributed by atoms with Crippen LogP contribution < -0.4 is 10.1 Å². The summed E-state index contributed by atoms with van der Waals surface area (Å²) in [6.07, 6.45) is 6.64. The molecule has 2 aromatic heterocycles. The molecule has 0 saturated heterocycles. The van der Waals surface area contributed by atoms with Crippen molar-refractivity contribution < 1.29 is 4.74 Å². The molecule has 0 aliphatic carbocycles. The second-order valence-electron chi connectivity index (χ2n) is 3.49. The molecule has 0 bridgehead atoms. The average molecular weight is 230 g/mol. The van der Waals surface area contributed by atoms with Gasteiger partial charge in [0.25, 0.3) is 0 Å². The molecule has 0 atom stereocenters. The van der Waals surface area contributed by atoms with Crippen molar-refractivity contribution in [1.82, 2.24) is 14.9 Å². The molecule has 5 nitrogen and oxygen atoms in total. The van der Waals surface area contributed by atoms with Crippen LogP contribution in [0.1, 0.15) is 5.56 Å². The number of hydrogen-bond donors (Lipinski definition) is 2. The van der Waals surface area contributed by atoms with E-state index >= 15 is 0 Å². The Morgan fingerprint density at radius 1 is 1.59 bits per heavy atom. The van der Waals surface area contributed by atoms with Crippen molar-refractivity contribution >= 4 is 17.3 Å². The predicted octanol–water partition coefficient (Wildman–Crippen LogP) is 1.55. The maximum absolute atomic E-state index is 7.40. The molecule has 2 N–H and O–H groups in total. The lowest BCUT2D eigenvalue weighted by Crippen LogP contribution is -2.00. The zero-order valence-corrected chi connectivity index (χ0v) is 9.77. The van der Waals surface area contributed by atoms with E-state index in [1.165, 1.54) is 6.21 Å². The van der Waals surface area contributed by atoms with Gasteiger partial charge in [0, 0.05) is 36.8 Å². The lowest BCUT2D eigenvalue weighted by Gasteiger charge is -2.07. The minimum atomic E-state index is 0.740. The van der Waals surface area contributed by atoms with Crippen LogP contribution in [0.15, 0.2) is 30.7 Å². The Morgan fingerprint density at radius 2 is 2.41 bits per heavy atom. The second-order valence-corrected chi connectivity index (χ2v) is 3.49. The fraction of sp³-hybridized carbons (Fsp3) is 0.167. The van der Waals surface area contributed by atoms with Crippen LogP contribution in [0.2, 0.25) is 0 Å². The van der Waals surface area contributed by atoms with Gasteiger partial charge in [0.1, 0.15) is 11.3 Å². The zero-order chi connectivity index (χ0) is 12.3. The van der Waals surface area contributed by atoms with Crippen LogP contribution in [0.4, 0.5) is 0 Å². The van der Waals surface area contributed by atoms with E-state index < -0.39 is 0 Å². The van der Waals surface area contributed by atoms with Crippen molar-refractivity contribution in [3.8, 4) is 5.75 Å². The molecule has 2 aromatic rings. The van der Waals surface area contributed by atoms with Crippen molar-refractivity contribution in [2.24, 2.45) is 0 Å². The van der Waals surface area contributed by atoms with Crippen LogP contribution in [0, 0.1) is 5.41 Å². The van der Waals surface area contributed by atoms with Gasteiger partial charge in [-0.3, -0.25) is 0 Å². The van der Waals surface area contributed by atoms with Gasteiger partial charge in [-0.05, 0) is 12.1 Å². The second kappa shape index (κ2) is 4.69. The monoisotopic (exact) mass is 230 g/mol. The summed E-state index contributed by atoms with van der Waals surface area (Å²) < 4.78 is 7.05. The Balaban J connectivity index is 2.62. The molecule has 0 fully saturated rings. The first kappa shape index (κ1) is 11.2. The minimum absolute atomic E-state index is 0.740. The van der Waals surface area contributed by atoms with Gasteiger partial charge in [-0.1, -0.05) is 0 Å². The van der Waals surface area contributed by atoms with E-state index in [1.807, 2.05) is 18.3 Å². The van der Waals surface area contributed by atoms with Gasteiger partial charge in [0.2, 0.25) is 0 Å². The lowest BCUT2D eigenvalue weighted by atomic mass is 10.1. The van der Waals surface area contributed by atoms with Crippen LogP contribution in [0.25, 0.3) is 11.1 Å². The first-order valence-electron chi connectivity index (χ1n) is 5.20. The highest BCUT2D eigenvalue weighted by Crippen LogP contribution is 2.24. The zero-order valence-electron chi connectivity index (χ0n) is 9.77. The van der Waals surface area contributed by atoms with Gasteiger partial charge in [-0.15, -0.1) is 0 Å². The number of fused-ring (bicyclic) bond motifs is 1. The van der Waals surface area contributed by atoms with Crippen LogP contribution >= 0.6 is 0 Å². The normalized spacial score (nSPS) is 11.5. The molecule has 0 aliphatic heterocycles. The van der Waals surface area contributed by atoms with E-state index in [4.69, 9.17) is 10.1 Å². The topological polar surface area (TPSA) is 62.4 Å². The van der Waals surface area contributed by atoms with E-state index in [0.29, 0.717) is 0 Å². The molecule has 2 heterocycles. The van der Waals surface area contributed by atoms with Crippen molar-refractivity contribution in [2.75, 3.05) is 14.2 Å².